The Labute approximate surface area is 132 Å². The third-order valence-electron chi connectivity index (χ3n) is 3.22. The van der Waals surface area contributed by atoms with E-state index in [1.165, 1.54) is 7.11 Å². The molecule has 1 atom stereocenters. The van der Waals surface area contributed by atoms with Gasteiger partial charge in [0.25, 0.3) is 0 Å². The molecule has 0 aliphatic carbocycles. The Hall–Kier alpha value is -0.490. The van der Waals surface area contributed by atoms with Crippen molar-refractivity contribution in [2.75, 3.05) is 25.2 Å². The molecule has 110 valence electrons. The molecular weight excluding hydrogens is 319 g/mol. The zero-order chi connectivity index (χ0) is 14.5. The van der Waals surface area contributed by atoms with Crippen LogP contribution in [-0.4, -0.2) is 47.1 Å². The third-order valence-corrected chi connectivity index (χ3v) is 4.84. The molecule has 0 saturated carbocycles. The Morgan fingerprint density at radius 3 is 3.10 bits per heavy atom. The highest BCUT2D eigenvalue weighted by atomic mass is 35.5. The second-order valence-electron chi connectivity index (χ2n) is 4.56. The van der Waals surface area contributed by atoms with Crippen LogP contribution in [0.1, 0.15) is 12.1 Å². The molecule has 0 unspecified atom stereocenters. The van der Waals surface area contributed by atoms with Crippen LogP contribution < -0.4 is 0 Å². The van der Waals surface area contributed by atoms with Crippen LogP contribution in [0.4, 0.5) is 0 Å². The number of carbonyl (C=O) groups is 1. The van der Waals surface area contributed by atoms with Gasteiger partial charge in [-0.3, -0.25) is 14.7 Å². The molecule has 0 radical (unpaired) electrons. The summed E-state index contributed by atoms with van der Waals surface area (Å²) in [6.07, 6.45) is 1.99. The number of thioether (sulfide) groups is 1. The van der Waals surface area contributed by atoms with Gasteiger partial charge in [0.15, 0.2) is 0 Å². The number of ether oxygens (including phenoxy) is 1. The minimum Gasteiger partial charge on any atom is -0.469 e. The molecule has 20 heavy (non-hydrogen) atoms. The molecule has 0 amide bonds. The summed E-state index contributed by atoms with van der Waals surface area (Å²) in [7, 11) is 1.42. The average molecular weight is 335 g/mol. The Bertz CT molecular complexity index is 487. The summed E-state index contributed by atoms with van der Waals surface area (Å²) < 4.78 is 4.76. The van der Waals surface area contributed by atoms with Crippen LogP contribution in [0.5, 0.6) is 0 Å². The maximum absolute atomic E-state index is 11.5. The van der Waals surface area contributed by atoms with Gasteiger partial charge in [0, 0.05) is 36.8 Å². The van der Waals surface area contributed by atoms with E-state index in [1.54, 1.807) is 12.3 Å². The van der Waals surface area contributed by atoms with E-state index in [1.807, 2.05) is 11.8 Å². The normalized spacial score (nSPS) is 19.9. The molecule has 2 heterocycles. The Balaban J connectivity index is 2.06. The summed E-state index contributed by atoms with van der Waals surface area (Å²) in [6.45, 7) is 1.53. The monoisotopic (exact) mass is 334 g/mol. The number of nitrogens with zero attached hydrogens (tertiary/aromatic N) is 2. The number of hydrogen-bond donors (Lipinski definition) is 0. The summed E-state index contributed by atoms with van der Waals surface area (Å²) in [4.78, 5) is 18.0. The highest BCUT2D eigenvalue weighted by Crippen LogP contribution is 2.24. The molecule has 1 aliphatic heterocycles. The first-order valence-electron chi connectivity index (χ1n) is 6.28. The third kappa shape index (κ3) is 4.25. The molecule has 1 aromatic rings. The number of halogens is 2. The van der Waals surface area contributed by atoms with Gasteiger partial charge in [-0.15, -0.1) is 0 Å². The minimum atomic E-state index is -0.183. The summed E-state index contributed by atoms with van der Waals surface area (Å²) >= 11 is 13.9. The van der Waals surface area contributed by atoms with Crippen molar-refractivity contribution >= 4 is 40.9 Å². The summed E-state index contributed by atoms with van der Waals surface area (Å²) in [6, 6.07) is 1.86. The molecule has 0 aromatic carbocycles. The van der Waals surface area contributed by atoms with Crippen LogP contribution in [0.25, 0.3) is 0 Å². The zero-order valence-corrected chi connectivity index (χ0v) is 13.5. The fourth-order valence-corrected chi connectivity index (χ4v) is 3.68. The van der Waals surface area contributed by atoms with E-state index < -0.39 is 0 Å². The maximum Gasteiger partial charge on any atom is 0.307 e. The number of pyridine rings is 1. The molecule has 0 spiro atoms. The second-order valence-corrected chi connectivity index (χ2v) is 6.55. The largest absolute Gasteiger partial charge is 0.469 e. The van der Waals surface area contributed by atoms with E-state index in [-0.39, 0.29) is 12.0 Å². The minimum absolute atomic E-state index is 0.162. The molecule has 1 aromatic heterocycles. The van der Waals surface area contributed by atoms with E-state index >= 15 is 0 Å². The van der Waals surface area contributed by atoms with Crippen molar-refractivity contribution in [3.63, 3.8) is 0 Å². The molecule has 0 bridgehead atoms. The van der Waals surface area contributed by atoms with Gasteiger partial charge in [-0.05, 0) is 6.07 Å². The number of methoxy groups -OCH3 is 1. The van der Waals surface area contributed by atoms with Crippen molar-refractivity contribution in [3.8, 4) is 0 Å². The van der Waals surface area contributed by atoms with Crippen LogP contribution in [0.2, 0.25) is 10.0 Å². The van der Waals surface area contributed by atoms with Crippen LogP contribution in [0.15, 0.2) is 12.3 Å². The lowest BCUT2D eigenvalue weighted by Gasteiger charge is -2.34. The highest BCUT2D eigenvalue weighted by molar-refractivity contribution is 7.99. The van der Waals surface area contributed by atoms with Gasteiger partial charge in [0.2, 0.25) is 0 Å². The van der Waals surface area contributed by atoms with Gasteiger partial charge in [0.1, 0.15) is 0 Å². The predicted molar refractivity (Wildman–Crippen MR) is 82.4 cm³/mol. The van der Waals surface area contributed by atoms with E-state index in [0.29, 0.717) is 23.0 Å². The van der Waals surface area contributed by atoms with Gasteiger partial charge < -0.3 is 4.74 Å². The summed E-state index contributed by atoms with van der Waals surface area (Å²) in [5.74, 6) is 1.78. The van der Waals surface area contributed by atoms with Crippen molar-refractivity contribution in [2.24, 2.45) is 0 Å². The SMILES string of the molecule is COC(=O)C[C@H]1CSCCN1Cc1ncc(Cl)cc1Cl. The van der Waals surface area contributed by atoms with Crippen molar-refractivity contribution < 1.29 is 9.53 Å². The van der Waals surface area contributed by atoms with Crippen LogP contribution in [0, 0.1) is 0 Å². The second kappa shape index (κ2) is 7.50. The number of rotatable bonds is 4. The van der Waals surface area contributed by atoms with Crippen LogP contribution in [0.3, 0.4) is 0 Å². The number of hydrogen-bond acceptors (Lipinski definition) is 5. The molecule has 7 heteroatoms. The summed E-state index contributed by atoms with van der Waals surface area (Å²) in [5.41, 5.74) is 0.790. The van der Waals surface area contributed by atoms with Gasteiger partial charge in [-0.1, -0.05) is 23.2 Å². The number of esters is 1. The Kier molecular flexibility index (Phi) is 5.96. The molecule has 1 fully saturated rings. The van der Waals surface area contributed by atoms with Crippen molar-refractivity contribution in [1.82, 2.24) is 9.88 Å². The fourth-order valence-electron chi connectivity index (χ4n) is 2.11. The van der Waals surface area contributed by atoms with E-state index in [9.17, 15) is 4.79 Å². The molecule has 1 saturated heterocycles. The fraction of sp³-hybridized carbons (Fsp3) is 0.538. The molecular formula is C13H16Cl2N2O2S. The molecule has 4 nitrogen and oxygen atoms in total. The first-order valence-corrected chi connectivity index (χ1v) is 8.19. The lowest BCUT2D eigenvalue weighted by atomic mass is 10.2. The average Bonchev–Trinajstić information content (AvgIpc) is 2.43. The van der Waals surface area contributed by atoms with Crippen LogP contribution in [-0.2, 0) is 16.1 Å². The van der Waals surface area contributed by atoms with E-state index in [4.69, 9.17) is 27.9 Å². The topological polar surface area (TPSA) is 42.4 Å². The van der Waals surface area contributed by atoms with Crippen molar-refractivity contribution in [2.45, 2.75) is 19.0 Å². The van der Waals surface area contributed by atoms with E-state index in [2.05, 4.69) is 9.88 Å². The maximum atomic E-state index is 11.5. The number of carbonyl (C=O) groups excluding carboxylic acids is 1. The number of aromatic nitrogens is 1. The quantitative estimate of drug-likeness (QED) is 0.792. The Morgan fingerprint density at radius 1 is 1.60 bits per heavy atom. The predicted octanol–water partition coefficient (Wildman–Crippen LogP) is 2.87. The first-order chi connectivity index (χ1) is 9.60. The first kappa shape index (κ1) is 15.9. The standard InChI is InChI=1S/C13H16Cl2N2O2S/c1-19-13(18)5-10-8-20-3-2-17(10)7-12-11(15)4-9(14)6-16-12/h4,6,10H,2-3,5,7-8H2,1H3/t10-/m0/s1. The van der Waals surface area contributed by atoms with Crippen LogP contribution >= 0.6 is 35.0 Å². The van der Waals surface area contributed by atoms with Gasteiger partial charge >= 0.3 is 5.97 Å². The van der Waals surface area contributed by atoms with E-state index in [0.717, 1.165) is 23.7 Å². The van der Waals surface area contributed by atoms with Gasteiger partial charge in [0.05, 0.1) is 29.3 Å². The molecule has 0 N–H and O–H groups in total. The summed E-state index contributed by atoms with van der Waals surface area (Å²) in [5, 5.41) is 1.09. The highest BCUT2D eigenvalue weighted by Gasteiger charge is 2.26. The van der Waals surface area contributed by atoms with Crippen molar-refractivity contribution in [3.05, 3.63) is 28.0 Å². The smallest absolute Gasteiger partial charge is 0.307 e. The van der Waals surface area contributed by atoms with Crippen molar-refractivity contribution in [1.29, 1.82) is 0 Å². The molecule has 1 aliphatic rings. The Morgan fingerprint density at radius 2 is 2.40 bits per heavy atom. The lowest BCUT2D eigenvalue weighted by molar-refractivity contribution is -0.141. The zero-order valence-electron chi connectivity index (χ0n) is 11.1. The lowest BCUT2D eigenvalue weighted by Crippen LogP contribution is -2.43. The molecule has 2 rings (SSSR count). The van der Waals surface area contributed by atoms with Gasteiger partial charge in [-0.25, -0.2) is 0 Å². The van der Waals surface area contributed by atoms with Gasteiger partial charge in [-0.2, -0.15) is 11.8 Å².